The molecule has 0 radical (unpaired) electrons. The van der Waals surface area contributed by atoms with E-state index in [4.69, 9.17) is 14.0 Å². The number of ether oxygens (including phenoxy) is 2. The van der Waals surface area contributed by atoms with E-state index in [0.717, 1.165) is 15.7 Å². The predicted molar refractivity (Wildman–Crippen MR) is 126 cm³/mol. The highest BCUT2D eigenvalue weighted by atomic mass is 19.3. The van der Waals surface area contributed by atoms with E-state index >= 15 is 0 Å². The number of carbonyl (C=O) groups is 1. The molecule has 4 aromatic rings. The summed E-state index contributed by atoms with van der Waals surface area (Å²) in [5.74, 6) is -2.44. The van der Waals surface area contributed by atoms with E-state index in [1.54, 1.807) is 29.8 Å². The number of halogens is 2. The molecule has 0 N–H and O–H groups in total. The highest BCUT2D eigenvalue weighted by Gasteiger charge is 2.47. The second kappa shape index (κ2) is 9.00. The summed E-state index contributed by atoms with van der Waals surface area (Å²) < 4.78 is 44.1. The molecule has 11 nitrogen and oxygen atoms in total. The fraction of sp³-hybridized carbons (Fsp3) is 0.333. The fourth-order valence-corrected chi connectivity index (χ4v) is 4.30. The number of methoxy groups -OCH3 is 1. The average Bonchev–Trinajstić information content (AvgIpc) is 3.53. The maximum Gasteiger partial charge on any atom is 0.282 e. The van der Waals surface area contributed by atoms with Crippen LogP contribution >= 0.6 is 0 Å². The number of rotatable bonds is 7. The zero-order chi connectivity index (χ0) is 25.6. The van der Waals surface area contributed by atoms with Crippen molar-refractivity contribution in [1.29, 1.82) is 0 Å². The molecule has 0 aliphatic carbocycles. The van der Waals surface area contributed by atoms with Crippen LogP contribution in [-0.2, 0) is 16.1 Å². The Bertz CT molecular complexity index is 1550. The minimum atomic E-state index is -2.79. The number of likely N-dealkylation sites (tertiary alicyclic amines) is 1. The molecule has 1 unspecified atom stereocenters. The molecule has 0 spiro atoms. The number of carbonyl (C=O) groups excluding carboxylic acids is 1. The third-order valence-electron chi connectivity index (χ3n) is 6.15. The van der Waals surface area contributed by atoms with Crippen LogP contribution in [0.15, 0.2) is 52.0 Å². The monoisotopic (exact) mass is 509 g/mol. The maximum absolute atomic E-state index is 13.1. The minimum absolute atomic E-state index is 0.0983. The van der Waals surface area contributed by atoms with Crippen molar-refractivity contribution in [3.63, 3.8) is 0 Å². The summed E-state index contributed by atoms with van der Waals surface area (Å²) in [5, 5.41) is 18.7. The van der Waals surface area contributed by atoms with Crippen molar-refractivity contribution < 1.29 is 27.6 Å². The van der Waals surface area contributed by atoms with Crippen molar-refractivity contribution in [2.75, 3.05) is 33.4 Å². The Balaban J connectivity index is 1.22. The van der Waals surface area contributed by atoms with Crippen LogP contribution in [0.5, 0.6) is 5.88 Å². The number of hydrogen-bond donors (Lipinski definition) is 0. The van der Waals surface area contributed by atoms with Gasteiger partial charge in [0.05, 0.1) is 31.3 Å². The molecule has 37 heavy (non-hydrogen) atoms. The normalized spacial score (nSPS) is 18.7. The van der Waals surface area contributed by atoms with Crippen molar-refractivity contribution in [2.24, 2.45) is 10.9 Å². The Labute approximate surface area is 208 Å². The SMILES string of the molecule is COCc1cc(-c2nnc3c4ccccc4c(OCC4=NCC(C(=O)N5CC(F)(F)C5)C=C4)nn23)no1. The van der Waals surface area contributed by atoms with Crippen LogP contribution in [0.1, 0.15) is 5.76 Å². The van der Waals surface area contributed by atoms with Crippen LogP contribution in [0.2, 0.25) is 0 Å². The third kappa shape index (κ3) is 4.31. The fourth-order valence-electron chi connectivity index (χ4n) is 4.30. The summed E-state index contributed by atoms with van der Waals surface area (Å²) in [7, 11) is 1.56. The van der Waals surface area contributed by atoms with Crippen LogP contribution < -0.4 is 4.74 Å². The first-order valence-corrected chi connectivity index (χ1v) is 11.5. The second-order valence-electron chi connectivity index (χ2n) is 8.86. The van der Waals surface area contributed by atoms with Gasteiger partial charge in [-0.3, -0.25) is 9.79 Å². The highest BCUT2D eigenvalue weighted by Crippen LogP contribution is 2.30. The van der Waals surface area contributed by atoms with Gasteiger partial charge < -0.3 is 18.9 Å². The Kier molecular flexibility index (Phi) is 5.63. The lowest BCUT2D eigenvalue weighted by molar-refractivity contribution is -0.168. The zero-order valence-electron chi connectivity index (χ0n) is 19.7. The maximum atomic E-state index is 13.1. The molecule has 1 fully saturated rings. The Morgan fingerprint density at radius 2 is 2.00 bits per heavy atom. The molecule has 13 heteroatoms. The molecular weight excluding hydrogens is 488 g/mol. The van der Waals surface area contributed by atoms with Crippen LogP contribution in [-0.4, -0.2) is 80.8 Å². The molecule has 1 aromatic carbocycles. The lowest BCUT2D eigenvalue weighted by Gasteiger charge is -2.40. The van der Waals surface area contributed by atoms with E-state index in [-0.39, 0.29) is 25.7 Å². The van der Waals surface area contributed by atoms with Crippen LogP contribution in [0, 0.1) is 5.92 Å². The largest absolute Gasteiger partial charge is 0.470 e. The van der Waals surface area contributed by atoms with Crippen LogP contribution in [0.25, 0.3) is 27.9 Å². The van der Waals surface area contributed by atoms with Gasteiger partial charge in [-0.15, -0.1) is 15.3 Å². The number of fused-ring (bicyclic) bond motifs is 3. The molecule has 2 aliphatic heterocycles. The Morgan fingerprint density at radius 1 is 1.19 bits per heavy atom. The quantitative estimate of drug-likeness (QED) is 0.373. The summed E-state index contributed by atoms with van der Waals surface area (Å²) in [5.41, 5.74) is 1.58. The molecular formula is C24H21F2N7O4. The van der Waals surface area contributed by atoms with Gasteiger partial charge >= 0.3 is 0 Å². The van der Waals surface area contributed by atoms with E-state index in [1.807, 2.05) is 24.3 Å². The van der Waals surface area contributed by atoms with Crippen LogP contribution in [0.4, 0.5) is 8.78 Å². The van der Waals surface area contributed by atoms with Gasteiger partial charge in [-0.2, -0.15) is 4.52 Å². The first-order valence-electron chi connectivity index (χ1n) is 11.5. The molecule has 6 rings (SSSR count). The lowest BCUT2D eigenvalue weighted by atomic mass is 10.0. The van der Waals surface area contributed by atoms with Crippen molar-refractivity contribution >= 4 is 28.0 Å². The Morgan fingerprint density at radius 3 is 2.73 bits per heavy atom. The average molecular weight is 509 g/mol. The summed E-state index contributed by atoms with van der Waals surface area (Å²) >= 11 is 0. The first-order chi connectivity index (χ1) is 17.9. The summed E-state index contributed by atoms with van der Waals surface area (Å²) in [6, 6.07) is 9.22. The van der Waals surface area contributed by atoms with Crippen molar-refractivity contribution in [1.82, 2.24) is 29.9 Å². The van der Waals surface area contributed by atoms with E-state index in [9.17, 15) is 13.6 Å². The van der Waals surface area contributed by atoms with Gasteiger partial charge in [-0.1, -0.05) is 29.4 Å². The molecule has 0 bridgehead atoms. The smallest absolute Gasteiger partial charge is 0.282 e. The number of nitrogens with zero attached hydrogens (tertiary/aromatic N) is 7. The minimum Gasteiger partial charge on any atom is -0.470 e. The van der Waals surface area contributed by atoms with E-state index in [0.29, 0.717) is 34.5 Å². The van der Waals surface area contributed by atoms with Gasteiger partial charge in [-0.25, -0.2) is 8.78 Å². The highest BCUT2D eigenvalue weighted by molar-refractivity contribution is 5.99. The molecule has 0 saturated carbocycles. The number of alkyl halides is 2. The van der Waals surface area contributed by atoms with Gasteiger partial charge in [0.2, 0.25) is 17.6 Å². The molecule has 1 atom stereocenters. The van der Waals surface area contributed by atoms with Crippen molar-refractivity contribution in [2.45, 2.75) is 12.5 Å². The van der Waals surface area contributed by atoms with Gasteiger partial charge in [-0.05, 0) is 12.1 Å². The molecule has 2 aliphatic rings. The van der Waals surface area contributed by atoms with Crippen LogP contribution in [0.3, 0.4) is 0 Å². The van der Waals surface area contributed by atoms with Crippen molar-refractivity contribution in [3.05, 3.63) is 48.2 Å². The lowest BCUT2D eigenvalue weighted by Crippen LogP contribution is -2.60. The standard InChI is InChI=1S/C24H21F2N7O4/c1-35-11-16-8-19(31-37-16)21-29-28-20-17-4-2-3-5-18(17)22(30-33(20)21)36-10-15-7-6-14(9-27-15)23(34)32-12-24(25,26)13-32/h2-8,14H,9-13H2,1H3. The van der Waals surface area contributed by atoms with Gasteiger partial charge in [0.25, 0.3) is 5.92 Å². The summed E-state index contributed by atoms with van der Waals surface area (Å²) in [6.45, 7) is -0.536. The third-order valence-corrected chi connectivity index (χ3v) is 6.15. The first kappa shape index (κ1) is 23.2. The number of dihydropyridines is 1. The molecule has 3 aromatic heterocycles. The number of amides is 1. The Hall–Kier alpha value is -4.26. The number of aromatic nitrogens is 5. The molecule has 5 heterocycles. The predicted octanol–water partition coefficient (Wildman–Crippen LogP) is 2.56. The number of benzene rings is 1. The molecule has 1 saturated heterocycles. The van der Waals surface area contributed by atoms with E-state index < -0.39 is 24.9 Å². The van der Waals surface area contributed by atoms with E-state index in [2.05, 4.69) is 25.4 Å². The molecule has 190 valence electrons. The van der Waals surface area contributed by atoms with Gasteiger partial charge in [0.15, 0.2) is 17.1 Å². The zero-order valence-corrected chi connectivity index (χ0v) is 19.7. The van der Waals surface area contributed by atoms with E-state index in [1.165, 1.54) is 0 Å². The topological polar surface area (TPSA) is 120 Å². The number of hydrogen-bond acceptors (Lipinski definition) is 9. The summed E-state index contributed by atoms with van der Waals surface area (Å²) in [4.78, 5) is 18.0. The number of aliphatic imine (C=N–C) groups is 1. The van der Waals surface area contributed by atoms with Crippen molar-refractivity contribution in [3.8, 4) is 17.4 Å². The molecule has 1 amide bonds. The second-order valence-corrected chi connectivity index (χ2v) is 8.86. The summed E-state index contributed by atoms with van der Waals surface area (Å²) in [6.07, 6.45) is 3.36. The van der Waals surface area contributed by atoms with Gasteiger partial charge in [0.1, 0.15) is 13.2 Å². The van der Waals surface area contributed by atoms with Gasteiger partial charge in [0, 0.05) is 23.9 Å².